The molecule has 0 saturated carbocycles. The highest BCUT2D eigenvalue weighted by atomic mass is 16.7. The second-order valence-corrected chi connectivity index (χ2v) is 4.52. The van der Waals surface area contributed by atoms with Crippen LogP contribution in [0.5, 0.6) is 0 Å². The van der Waals surface area contributed by atoms with Crippen molar-refractivity contribution in [2.75, 3.05) is 13.2 Å². The molecule has 6 heteroatoms. The predicted octanol–water partition coefficient (Wildman–Crippen LogP) is -0.995. The van der Waals surface area contributed by atoms with Gasteiger partial charge in [0.2, 0.25) is 5.79 Å². The maximum atomic E-state index is 9.92. The van der Waals surface area contributed by atoms with E-state index in [1.165, 1.54) is 0 Å². The van der Waals surface area contributed by atoms with Crippen LogP contribution in [0.2, 0.25) is 0 Å². The zero-order valence-electron chi connectivity index (χ0n) is 10.3. The van der Waals surface area contributed by atoms with Gasteiger partial charge in [-0.15, -0.1) is 0 Å². The second-order valence-electron chi connectivity index (χ2n) is 4.52. The summed E-state index contributed by atoms with van der Waals surface area (Å²) in [6, 6.07) is 9.18. The summed E-state index contributed by atoms with van der Waals surface area (Å²) in [6.45, 7) is -0.966. The summed E-state index contributed by atoms with van der Waals surface area (Å²) in [5.74, 6) is -1.71. The van der Waals surface area contributed by atoms with Gasteiger partial charge < -0.3 is 29.9 Å². The molecule has 1 aliphatic rings. The minimum atomic E-state index is -1.71. The average Bonchev–Trinajstić information content (AvgIpc) is 2.71. The Bertz CT molecular complexity index is 397. The molecule has 1 fully saturated rings. The third-order valence-corrected chi connectivity index (χ3v) is 3.23. The lowest BCUT2D eigenvalue weighted by Crippen LogP contribution is -2.48. The molecular weight excluding hydrogens is 252 g/mol. The SMILES string of the molecule is OC[C@H]1O[C@](CO)(OCc2ccccc2)[C@@H](O)[C@@H]1O. The monoisotopic (exact) mass is 270 g/mol. The molecule has 0 aromatic heterocycles. The molecule has 1 aromatic rings. The number of benzene rings is 1. The first-order valence-corrected chi connectivity index (χ1v) is 6.06. The fourth-order valence-electron chi connectivity index (χ4n) is 2.08. The Morgan fingerprint density at radius 2 is 1.84 bits per heavy atom. The van der Waals surface area contributed by atoms with E-state index in [0.29, 0.717) is 0 Å². The van der Waals surface area contributed by atoms with E-state index in [9.17, 15) is 15.3 Å². The van der Waals surface area contributed by atoms with Gasteiger partial charge in [0.05, 0.1) is 13.2 Å². The van der Waals surface area contributed by atoms with E-state index in [-0.39, 0.29) is 6.61 Å². The van der Waals surface area contributed by atoms with Gasteiger partial charge in [-0.1, -0.05) is 30.3 Å². The zero-order valence-corrected chi connectivity index (χ0v) is 10.3. The molecule has 0 bridgehead atoms. The Labute approximate surface area is 110 Å². The summed E-state index contributed by atoms with van der Waals surface area (Å²) in [5, 5.41) is 38.0. The third kappa shape index (κ3) is 2.79. The fraction of sp³-hybridized carbons (Fsp3) is 0.538. The van der Waals surface area contributed by atoms with Gasteiger partial charge in [-0.3, -0.25) is 0 Å². The summed E-state index contributed by atoms with van der Waals surface area (Å²) in [7, 11) is 0. The number of hydrogen-bond acceptors (Lipinski definition) is 6. The highest BCUT2D eigenvalue weighted by Crippen LogP contribution is 2.32. The molecule has 106 valence electrons. The average molecular weight is 270 g/mol. The van der Waals surface area contributed by atoms with Crippen LogP contribution in [0.15, 0.2) is 30.3 Å². The van der Waals surface area contributed by atoms with Crippen LogP contribution >= 0.6 is 0 Å². The lowest BCUT2D eigenvalue weighted by atomic mass is 10.1. The molecule has 6 nitrogen and oxygen atoms in total. The minimum Gasteiger partial charge on any atom is -0.394 e. The van der Waals surface area contributed by atoms with Crippen molar-refractivity contribution in [3.8, 4) is 0 Å². The molecule has 1 aromatic carbocycles. The maximum absolute atomic E-state index is 9.92. The van der Waals surface area contributed by atoms with Crippen LogP contribution in [0.1, 0.15) is 5.56 Å². The molecule has 1 saturated heterocycles. The summed E-state index contributed by atoms with van der Waals surface area (Å²) in [6.07, 6.45) is -3.69. The van der Waals surface area contributed by atoms with Gasteiger partial charge >= 0.3 is 0 Å². The van der Waals surface area contributed by atoms with Crippen molar-refractivity contribution < 1.29 is 29.9 Å². The first kappa shape index (κ1) is 14.4. The molecule has 1 heterocycles. The smallest absolute Gasteiger partial charge is 0.221 e. The van der Waals surface area contributed by atoms with Gasteiger partial charge in [-0.05, 0) is 5.56 Å². The van der Waals surface area contributed by atoms with Gasteiger partial charge in [0, 0.05) is 0 Å². The van der Waals surface area contributed by atoms with Crippen LogP contribution in [-0.2, 0) is 16.1 Å². The van der Waals surface area contributed by atoms with Crippen LogP contribution in [0, 0.1) is 0 Å². The Kier molecular flexibility index (Phi) is 4.51. The van der Waals surface area contributed by atoms with E-state index >= 15 is 0 Å². The van der Waals surface area contributed by atoms with Gasteiger partial charge in [0.25, 0.3) is 0 Å². The van der Waals surface area contributed by atoms with Crippen molar-refractivity contribution in [2.24, 2.45) is 0 Å². The number of ether oxygens (including phenoxy) is 2. The lowest BCUT2D eigenvalue weighted by molar-refractivity contribution is -0.281. The molecule has 19 heavy (non-hydrogen) atoms. The van der Waals surface area contributed by atoms with Crippen LogP contribution in [0.4, 0.5) is 0 Å². The number of rotatable bonds is 5. The zero-order chi connectivity index (χ0) is 13.9. The van der Waals surface area contributed by atoms with Crippen molar-refractivity contribution >= 4 is 0 Å². The molecule has 0 spiro atoms. The Morgan fingerprint density at radius 1 is 1.16 bits per heavy atom. The Morgan fingerprint density at radius 3 is 2.37 bits per heavy atom. The summed E-state index contributed by atoms with van der Waals surface area (Å²) in [5.41, 5.74) is 0.841. The van der Waals surface area contributed by atoms with Crippen molar-refractivity contribution in [3.05, 3.63) is 35.9 Å². The van der Waals surface area contributed by atoms with E-state index in [1.54, 1.807) is 0 Å². The topological polar surface area (TPSA) is 99.4 Å². The minimum absolute atomic E-state index is 0.114. The van der Waals surface area contributed by atoms with Gasteiger partial charge in [-0.2, -0.15) is 0 Å². The van der Waals surface area contributed by atoms with Crippen molar-refractivity contribution in [1.82, 2.24) is 0 Å². The van der Waals surface area contributed by atoms with E-state index in [2.05, 4.69) is 0 Å². The molecular formula is C13H18O6. The third-order valence-electron chi connectivity index (χ3n) is 3.23. The summed E-state index contributed by atoms with van der Waals surface area (Å²) >= 11 is 0. The summed E-state index contributed by atoms with van der Waals surface area (Å²) in [4.78, 5) is 0. The first-order valence-electron chi connectivity index (χ1n) is 6.06. The largest absolute Gasteiger partial charge is 0.394 e. The Hall–Kier alpha value is -1.02. The standard InChI is InChI=1S/C13H18O6/c14-6-10-11(16)12(17)13(8-15,19-10)18-7-9-4-2-1-3-5-9/h1-5,10-12,14-17H,6-8H2/t10-,11-,12+,13+/m1/s1. The van der Waals surface area contributed by atoms with E-state index in [4.69, 9.17) is 14.6 Å². The highest BCUT2D eigenvalue weighted by Gasteiger charge is 2.54. The van der Waals surface area contributed by atoms with E-state index in [1.807, 2.05) is 30.3 Å². The molecule has 0 radical (unpaired) electrons. The number of hydrogen-bond donors (Lipinski definition) is 4. The maximum Gasteiger partial charge on any atom is 0.221 e. The number of aliphatic hydroxyl groups is 4. The Balaban J connectivity index is 2.07. The number of aliphatic hydroxyl groups excluding tert-OH is 4. The van der Waals surface area contributed by atoms with Crippen molar-refractivity contribution in [3.63, 3.8) is 0 Å². The van der Waals surface area contributed by atoms with Gasteiger partial charge in [0.15, 0.2) is 0 Å². The molecule has 0 amide bonds. The molecule has 2 rings (SSSR count). The summed E-state index contributed by atoms with van der Waals surface area (Å²) < 4.78 is 10.7. The van der Waals surface area contributed by atoms with Crippen molar-refractivity contribution in [1.29, 1.82) is 0 Å². The van der Waals surface area contributed by atoms with Crippen LogP contribution in [0.3, 0.4) is 0 Å². The van der Waals surface area contributed by atoms with Crippen LogP contribution in [-0.4, -0.2) is 57.7 Å². The highest BCUT2D eigenvalue weighted by molar-refractivity contribution is 5.13. The van der Waals surface area contributed by atoms with Gasteiger partial charge in [-0.25, -0.2) is 0 Å². The van der Waals surface area contributed by atoms with Gasteiger partial charge in [0.1, 0.15) is 24.9 Å². The van der Waals surface area contributed by atoms with Crippen LogP contribution in [0.25, 0.3) is 0 Å². The quantitative estimate of drug-likeness (QED) is 0.548. The molecule has 1 aliphatic heterocycles. The van der Waals surface area contributed by atoms with E-state index in [0.717, 1.165) is 5.56 Å². The first-order chi connectivity index (χ1) is 9.13. The molecule has 4 atom stereocenters. The molecule has 4 N–H and O–H groups in total. The van der Waals surface area contributed by atoms with Crippen LogP contribution < -0.4 is 0 Å². The second kappa shape index (κ2) is 5.96. The molecule has 0 unspecified atom stereocenters. The lowest BCUT2D eigenvalue weighted by Gasteiger charge is -2.30. The van der Waals surface area contributed by atoms with E-state index < -0.39 is 37.3 Å². The fourth-order valence-corrected chi connectivity index (χ4v) is 2.08. The predicted molar refractivity (Wildman–Crippen MR) is 65.0 cm³/mol. The van der Waals surface area contributed by atoms with Crippen molar-refractivity contribution in [2.45, 2.75) is 30.7 Å². The normalized spacial score (nSPS) is 34.6. The molecule has 0 aliphatic carbocycles.